The average Bonchev–Trinajstić information content (AvgIpc) is 2.77. The van der Waals surface area contributed by atoms with Crippen LogP contribution in [0.5, 0.6) is 0 Å². The molecule has 3 nitrogen and oxygen atoms in total. The van der Waals surface area contributed by atoms with Gasteiger partial charge in [0, 0.05) is 37.0 Å². The maximum atomic E-state index is 6.14. The maximum Gasteiger partial charge on any atom is 0.0206 e. The second-order valence-electron chi connectivity index (χ2n) is 5.79. The molecule has 1 aliphatic rings. The van der Waals surface area contributed by atoms with Crippen molar-refractivity contribution >= 4 is 11.8 Å². The number of fused-ring (bicyclic) bond motifs is 1. The van der Waals surface area contributed by atoms with Gasteiger partial charge in [0.1, 0.15) is 0 Å². The minimum absolute atomic E-state index is 0.665. The molecule has 0 aliphatic heterocycles. The van der Waals surface area contributed by atoms with E-state index in [1.807, 2.05) is 0 Å². The van der Waals surface area contributed by atoms with Crippen LogP contribution in [-0.4, -0.2) is 13.1 Å². The standard InChI is InChI=1S/C20H23N3/c21-11-12-23-14-15-5-7-16(8-6-15)17-9-10-19-18(13-17)3-1-2-4-20(19)22/h1-3,5-10,13,23H,4,11-12,14,21-22H2. The van der Waals surface area contributed by atoms with Gasteiger partial charge in [-0.15, -0.1) is 0 Å². The van der Waals surface area contributed by atoms with E-state index in [0.29, 0.717) is 6.54 Å². The lowest BCUT2D eigenvalue weighted by Gasteiger charge is -2.06. The summed E-state index contributed by atoms with van der Waals surface area (Å²) in [6.45, 7) is 2.36. The highest BCUT2D eigenvalue weighted by Crippen LogP contribution is 2.17. The molecule has 118 valence electrons. The van der Waals surface area contributed by atoms with Crippen LogP contribution in [0.2, 0.25) is 0 Å². The molecule has 2 aromatic carbocycles. The van der Waals surface area contributed by atoms with Crippen LogP contribution in [0.3, 0.4) is 0 Å². The third kappa shape index (κ3) is 3.70. The average molecular weight is 305 g/mol. The van der Waals surface area contributed by atoms with Crippen LogP contribution in [0.4, 0.5) is 0 Å². The Morgan fingerprint density at radius 3 is 2.57 bits per heavy atom. The van der Waals surface area contributed by atoms with Gasteiger partial charge >= 0.3 is 0 Å². The monoisotopic (exact) mass is 305 g/mol. The minimum atomic E-state index is 0.665. The van der Waals surface area contributed by atoms with E-state index in [2.05, 4.69) is 66.0 Å². The number of nitrogens with two attached hydrogens (primary N) is 2. The van der Waals surface area contributed by atoms with Gasteiger partial charge in [0.2, 0.25) is 0 Å². The van der Waals surface area contributed by atoms with Crippen molar-refractivity contribution in [3.63, 3.8) is 0 Å². The second-order valence-corrected chi connectivity index (χ2v) is 5.79. The molecule has 0 atom stereocenters. The predicted molar refractivity (Wildman–Crippen MR) is 97.7 cm³/mol. The van der Waals surface area contributed by atoms with E-state index in [1.165, 1.54) is 21.9 Å². The van der Waals surface area contributed by atoms with E-state index < -0.39 is 0 Å². The van der Waals surface area contributed by atoms with E-state index in [4.69, 9.17) is 11.5 Å². The lowest BCUT2D eigenvalue weighted by atomic mass is 10.0. The number of hydrogen-bond donors (Lipinski definition) is 3. The third-order valence-corrected chi connectivity index (χ3v) is 4.08. The molecule has 2 aromatic rings. The molecule has 0 bridgehead atoms. The fraction of sp³-hybridized carbons (Fsp3) is 0.200. The van der Waals surface area contributed by atoms with Gasteiger partial charge in [0.25, 0.3) is 0 Å². The first kappa shape index (κ1) is 15.5. The lowest BCUT2D eigenvalue weighted by molar-refractivity contribution is 0.695. The summed E-state index contributed by atoms with van der Waals surface area (Å²) in [7, 11) is 0. The normalized spacial score (nSPS) is 13.3. The molecule has 0 saturated carbocycles. The fourth-order valence-electron chi connectivity index (χ4n) is 2.80. The Bertz CT molecular complexity index is 817. The Labute approximate surface area is 137 Å². The number of benzene rings is 2. The predicted octanol–water partition coefficient (Wildman–Crippen LogP) is 1.21. The van der Waals surface area contributed by atoms with Crippen molar-refractivity contribution in [3.8, 4) is 11.1 Å². The van der Waals surface area contributed by atoms with Crippen molar-refractivity contribution in [2.24, 2.45) is 11.5 Å². The van der Waals surface area contributed by atoms with Crippen molar-refractivity contribution in [2.75, 3.05) is 13.1 Å². The Balaban J connectivity index is 1.88. The zero-order valence-electron chi connectivity index (χ0n) is 13.3. The van der Waals surface area contributed by atoms with Gasteiger partial charge < -0.3 is 16.8 Å². The van der Waals surface area contributed by atoms with Gasteiger partial charge in [-0.2, -0.15) is 0 Å². The third-order valence-electron chi connectivity index (χ3n) is 4.08. The smallest absolute Gasteiger partial charge is 0.0206 e. The van der Waals surface area contributed by atoms with E-state index in [-0.39, 0.29) is 0 Å². The Hall–Kier alpha value is -2.36. The molecular formula is C20H23N3. The molecule has 1 aliphatic carbocycles. The number of allylic oxidation sites excluding steroid dienone is 1. The molecule has 0 unspecified atom stereocenters. The van der Waals surface area contributed by atoms with Crippen molar-refractivity contribution in [2.45, 2.75) is 13.0 Å². The SMILES string of the molecule is NCCNCc1ccc(-c2ccc3c(c2)=CC=CCC=3N)cc1. The summed E-state index contributed by atoms with van der Waals surface area (Å²) < 4.78 is 0. The maximum absolute atomic E-state index is 6.14. The highest BCUT2D eigenvalue weighted by atomic mass is 14.9. The molecule has 0 aromatic heterocycles. The van der Waals surface area contributed by atoms with Crippen LogP contribution in [0.1, 0.15) is 12.0 Å². The van der Waals surface area contributed by atoms with E-state index in [9.17, 15) is 0 Å². The number of nitrogens with one attached hydrogen (secondary N) is 1. The number of rotatable bonds is 5. The first-order valence-corrected chi connectivity index (χ1v) is 8.03. The first-order chi connectivity index (χ1) is 11.3. The summed E-state index contributed by atoms with van der Waals surface area (Å²) in [5.74, 6) is 0. The highest BCUT2D eigenvalue weighted by molar-refractivity contribution is 5.65. The van der Waals surface area contributed by atoms with Gasteiger partial charge in [-0.3, -0.25) is 0 Å². The van der Waals surface area contributed by atoms with Gasteiger partial charge in [-0.05, 0) is 28.0 Å². The molecule has 0 heterocycles. The van der Waals surface area contributed by atoms with Crippen LogP contribution in [0, 0.1) is 0 Å². The lowest BCUT2D eigenvalue weighted by Crippen LogP contribution is -2.28. The summed E-state index contributed by atoms with van der Waals surface area (Å²) in [4.78, 5) is 0. The van der Waals surface area contributed by atoms with Crippen molar-refractivity contribution in [1.82, 2.24) is 5.32 Å². The zero-order chi connectivity index (χ0) is 16.1. The number of hydrogen-bond acceptors (Lipinski definition) is 3. The van der Waals surface area contributed by atoms with Crippen LogP contribution >= 0.6 is 0 Å². The van der Waals surface area contributed by atoms with Crippen molar-refractivity contribution in [1.29, 1.82) is 0 Å². The molecule has 0 fully saturated rings. The van der Waals surface area contributed by atoms with Gasteiger partial charge in [-0.25, -0.2) is 0 Å². The molecule has 5 N–H and O–H groups in total. The Morgan fingerprint density at radius 2 is 1.78 bits per heavy atom. The second kappa shape index (κ2) is 7.27. The minimum Gasteiger partial charge on any atom is -0.401 e. The summed E-state index contributed by atoms with van der Waals surface area (Å²) >= 11 is 0. The van der Waals surface area contributed by atoms with Crippen molar-refractivity contribution in [3.05, 3.63) is 70.6 Å². The molecule has 3 rings (SSSR count). The van der Waals surface area contributed by atoms with Gasteiger partial charge in [0.15, 0.2) is 0 Å². The quantitative estimate of drug-likeness (QED) is 0.728. The molecule has 23 heavy (non-hydrogen) atoms. The Kier molecular flexibility index (Phi) is 4.91. The molecule has 3 heteroatoms. The van der Waals surface area contributed by atoms with Gasteiger partial charge in [-0.1, -0.05) is 54.6 Å². The molecule has 0 amide bonds. The van der Waals surface area contributed by atoms with E-state index >= 15 is 0 Å². The molecule has 0 saturated heterocycles. The van der Waals surface area contributed by atoms with E-state index in [0.717, 1.165) is 30.4 Å². The zero-order valence-corrected chi connectivity index (χ0v) is 13.3. The summed E-state index contributed by atoms with van der Waals surface area (Å²) in [6, 6.07) is 15.1. The topological polar surface area (TPSA) is 64.1 Å². The van der Waals surface area contributed by atoms with Crippen LogP contribution < -0.4 is 27.2 Å². The largest absolute Gasteiger partial charge is 0.401 e. The van der Waals surface area contributed by atoms with Crippen LogP contribution in [0.25, 0.3) is 22.9 Å². The molecule has 0 spiro atoms. The van der Waals surface area contributed by atoms with E-state index in [1.54, 1.807) is 0 Å². The van der Waals surface area contributed by atoms with Crippen molar-refractivity contribution < 1.29 is 0 Å². The fourth-order valence-corrected chi connectivity index (χ4v) is 2.80. The molecule has 0 radical (unpaired) electrons. The van der Waals surface area contributed by atoms with Gasteiger partial charge in [0.05, 0.1) is 0 Å². The highest BCUT2D eigenvalue weighted by Gasteiger charge is 2.01. The first-order valence-electron chi connectivity index (χ1n) is 8.03. The van der Waals surface area contributed by atoms with Crippen LogP contribution in [-0.2, 0) is 6.54 Å². The van der Waals surface area contributed by atoms with Crippen LogP contribution in [0.15, 0.2) is 54.6 Å². The summed E-state index contributed by atoms with van der Waals surface area (Å²) in [6.07, 6.45) is 7.12. The Morgan fingerprint density at radius 1 is 1.00 bits per heavy atom. The summed E-state index contributed by atoms with van der Waals surface area (Å²) in [5.41, 5.74) is 16.3. The molecular weight excluding hydrogens is 282 g/mol. The summed E-state index contributed by atoms with van der Waals surface area (Å²) in [5, 5.41) is 5.63.